The molecule has 0 aromatic rings. The summed E-state index contributed by atoms with van der Waals surface area (Å²) in [6.07, 6.45) is 61.6. The van der Waals surface area contributed by atoms with Gasteiger partial charge >= 0.3 is 0 Å². The Hall–Kier alpha value is -2.12. The summed E-state index contributed by atoms with van der Waals surface area (Å²) in [6.45, 7) is 4.50. The van der Waals surface area contributed by atoms with Crippen molar-refractivity contribution in [1.82, 2.24) is 0 Å². The molecule has 1 N–H and O–H groups in total. The lowest BCUT2D eigenvalue weighted by Crippen LogP contribution is -2.05. The highest BCUT2D eigenvalue weighted by molar-refractivity contribution is 5.00. The Balaban J connectivity index is 3.50. The van der Waals surface area contributed by atoms with Crippen LogP contribution in [0.15, 0.2) is 97.2 Å². The zero-order valence-corrected chi connectivity index (χ0v) is 27.8. The first kappa shape index (κ1) is 39.9. The molecule has 238 valence electrons. The van der Waals surface area contributed by atoms with E-state index in [1.807, 2.05) is 0 Å². The molecule has 0 heterocycles. The van der Waals surface area contributed by atoms with Gasteiger partial charge in [-0.05, 0) is 103 Å². The van der Waals surface area contributed by atoms with Gasteiger partial charge in [-0.15, -0.1) is 0 Å². The molecule has 0 radical (unpaired) electrons. The quantitative estimate of drug-likeness (QED) is 0.0666. The molecule has 0 aliphatic carbocycles. The number of rotatable bonds is 30. The Bertz CT molecular complexity index is 694. The molecule has 0 fully saturated rings. The van der Waals surface area contributed by atoms with E-state index in [2.05, 4.69) is 111 Å². The summed E-state index contributed by atoms with van der Waals surface area (Å²) in [7, 11) is 0. The van der Waals surface area contributed by atoms with Gasteiger partial charge in [0.15, 0.2) is 0 Å². The van der Waals surface area contributed by atoms with E-state index in [-0.39, 0.29) is 6.10 Å². The average molecular weight is 577 g/mol. The van der Waals surface area contributed by atoms with Gasteiger partial charge in [-0.2, -0.15) is 0 Å². The smallest absolute Gasteiger partial charge is 0.0540 e. The fourth-order valence-corrected chi connectivity index (χ4v) is 4.55. The van der Waals surface area contributed by atoms with E-state index in [1.165, 1.54) is 64.2 Å². The van der Waals surface area contributed by atoms with Crippen molar-refractivity contribution in [3.63, 3.8) is 0 Å². The standard InChI is InChI=1S/C41H68O/c1-3-5-7-9-11-13-15-17-19-21-23-25-27-29-31-33-35-37-39-41(42)40-38-36-34-32-30-28-26-24-22-20-18-16-14-12-10-8-6-4-2/h11-14,17-20,23-26,29-32,41-42H,3-10,15-16,21-22,27-28,33-40H2,1-2H3/b13-11-,14-12-,19-17-,20-18-,25-23-,26-24-,31-29-,32-30-. The minimum atomic E-state index is -0.127. The summed E-state index contributed by atoms with van der Waals surface area (Å²) < 4.78 is 0. The topological polar surface area (TPSA) is 20.2 Å². The first-order valence-electron chi connectivity index (χ1n) is 17.7. The van der Waals surface area contributed by atoms with Crippen LogP contribution in [0.4, 0.5) is 0 Å². The zero-order chi connectivity index (χ0) is 30.4. The molecule has 1 heteroatoms. The Morgan fingerprint density at radius 1 is 0.333 bits per heavy atom. The second-order valence-electron chi connectivity index (χ2n) is 11.4. The Morgan fingerprint density at radius 3 is 0.833 bits per heavy atom. The normalized spacial score (nSPS) is 13.2. The Morgan fingerprint density at radius 2 is 0.571 bits per heavy atom. The van der Waals surface area contributed by atoms with Crippen LogP contribution in [0.1, 0.15) is 155 Å². The lowest BCUT2D eigenvalue weighted by atomic mass is 10.0. The highest BCUT2D eigenvalue weighted by Crippen LogP contribution is 2.12. The predicted molar refractivity (Wildman–Crippen MR) is 192 cm³/mol. The maximum absolute atomic E-state index is 10.2. The minimum Gasteiger partial charge on any atom is -0.393 e. The van der Waals surface area contributed by atoms with Crippen LogP contribution in [-0.2, 0) is 0 Å². The number of hydrogen-bond donors (Lipinski definition) is 1. The number of aliphatic hydroxyl groups is 1. The largest absolute Gasteiger partial charge is 0.393 e. The number of aliphatic hydroxyl groups excluding tert-OH is 1. The molecule has 0 rings (SSSR count). The van der Waals surface area contributed by atoms with Crippen molar-refractivity contribution in [3.05, 3.63) is 97.2 Å². The van der Waals surface area contributed by atoms with Gasteiger partial charge in [0, 0.05) is 0 Å². The summed E-state index contributed by atoms with van der Waals surface area (Å²) in [5, 5.41) is 10.2. The molecule has 0 aliphatic heterocycles. The van der Waals surface area contributed by atoms with Gasteiger partial charge in [0.1, 0.15) is 0 Å². The van der Waals surface area contributed by atoms with Gasteiger partial charge in [0.05, 0.1) is 6.10 Å². The fraction of sp³-hybridized carbons (Fsp3) is 0.610. The highest BCUT2D eigenvalue weighted by atomic mass is 16.3. The van der Waals surface area contributed by atoms with E-state index in [9.17, 15) is 5.11 Å². The van der Waals surface area contributed by atoms with E-state index in [0.29, 0.717) is 0 Å². The Labute approximate surface area is 263 Å². The SMILES string of the molecule is CCCCC/C=C\C/C=C\C/C=C\C/C=C\CCCCC(O)CCCC/C=C\C/C=C\C/C=C\C/C=C\CCCCC. The van der Waals surface area contributed by atoms with E-state index in [1.54, 1.807) is 0 Å². The molecule has 0 aromatic carbocycles. The zero-order valence-electron chi connectivity index (χ0n) is 27.8. The molecule has 0 saturated carbocycles. The number of hydrogen-bond acceptors (Lipinski definition) is 1. The number of unbranched alkanes of at least 4 members (excludes halogenated alkanes) is 10. The molecule has 0 aromatic heterocycles. The van der Waals surface area contributed by atoms with Crippen molar-refractivity contribution in [2.45, 2.75) is 161 Å². The molecule has 0 unspecified atom stereocenters. The third-order valence-corrected chi connectivity index (χ3v) is 7.23. The number of allylic oxidation sites excluding steroid dienone is 16. The Kier molecular flexibility index (Phi) is 35.0. The van der Waals surface area contributed by atoms with Gasteiger partial charge in [0.2, 0.25) is 0 Å². The van der Waals surface area contributed by atoms with Crippen molar-refractivity contribution in [2.24, 2.45) is 0 Å². The molecular formula is C41H68O. The van der Waals surface area contributed by atoms with E-state index in [4.69, 9.17) is 0 Å². The molecule has 42 heavy (non-hydrogen) atoms. The maximum Gasteiger partial charge on any atom is 0.0540 e. The van der Waals surface area contributed by atoms with Gasteiger partial charge in [-0.3, -0.25) is 0 Å². The van der Waals surface area contributed by atoms with Crippen LogP contribution < -0.4 is 0 Å². The lowest BCUT2D eigenvalue weighted by molar-refractivity contribution is 0.148. The molecule has 0 amide bonds. The summed E-state index contributed by atoms with van der Waals surface area (Å²) in [4.78, 5) is 0. The summed E-state index contributed by atoms with van der Waals surface area (Å²) in [6, 6.07) is 0. The minimum absolute atomic E-state index is 0.127. The first-order chi connectivity index (χ1) is 20.8. The summed E-state index contributed by atoms with van der Waals surface area (Å²) in [5.41, 5.74) is 0. The van der Waals surface area contributed by atoms with Crippen molar-refractivity contribution in [1.29, 1.82) is 0 Å². The van der Waals surface area contributed by atoms with Crippen LogP contribution in [0.5, 0.6) is 0 Å². The monoisotopic (exact) mass is 577 g/mol. The van der Waals surface area contributed by atoms with Gasteiger partial charge in [-0.1, -0.05) is 150 Å². The van der Waals surface area contributed by atoms with Crippen molar-refractivity contribution in [2.75, 3.05) is 0 Å². The van der Waals surface area contributed by atoms with Crippen LogP contribution in [0.25, 0.3) is 0 Å². The van der Waals surface area contributed by atoms with Gasteiger partial charge in [0.25, 0.3) is 0 Å². The molecule has 0 spiro atoms. The van der Waals surface area contributed by atoms with Crippen LogP contribution in [0, 0.1) is 0 Å². The third kappa shape index (κ3) is 35.9. The van der Waals surface area contributed by atoms with Gasteiger partial charge in [-0.25, -0.2) is 0 Å². The second-order valence-corrected chi connectivity index (χ2v) is 11.4. The molecule has 0 aliphatic rings. The molecule has 1 nitrogen and oxygen atoms in total. The van der Waals surface area contributed by atoms with Crippen molar-refractivity contribution in [3.8, 4) is 0 Å². The van der Waals surface area contributed by atoms with Gasteiger partial charge < -0.3 is 5.11 Å². The average Bonchev–Trinajstić information content (AvgIpc) is 3.00. The molecule has 0 bridgehead atoms. The van der Waals surface area contributed by atoms with Crippen molar-refractivity contribution < 1.29 is 5.11 Å². The summed E-state index contributed by atoms with van der Waals surface area (Å²) in [5.74, 6) is 0. The summed E-state index contributed by atoms with van der Waals surface area (Å²) >= 11 is 0. The van der Waals surface area contributed by atoms with Crippen LogP contribution >= 0.6 is 0 Å². The molecule has 0 saturated heterocycles. The molecular weight excluding hydrogens is 508 g/mol. The van der Waals surface area contributed by atoms with Crippen molar-refractivity contribution >= 4 is 0 Å². The van der Waals surface area contributed by atoms with Crippen LogP contribution in [0.3, 0.4) is 0 Å². The molecule has 0 atom stereocenters. The lowest BCUT2D eigenvalue weighted by Gasteiger charge is -2.09. The van der Waals surface area contributed by atoms with Crippen LogP contribution in [-0.4, -0.2) is 11.2 Å². The first-order valence-corrected chi connectivity index (χ1v) is 17.7. The van der Waals surface area contributed by atoms with E-state index in [0.717, 1.165) is 77.0 Å². The van der Waals surface area contributed by atoms with Crippen LogP contribution in [0.2, 0.25) is 0 Å². The van der Waals surface area contributed by atoms with E-state index >= 15 is 0 Å². The van der Waals surface area contributed by atoms with E-state index < -0.39 is 0 Å². The maximum atomic E-state index is 10.2. The second kappa shape index (κ2) is 36.9. The highest BCUT2D eigenvalue weighted by Gasteiger charge is 2.02. The fourth-order valence-electron chi connectivity index (χ4n) is 4.55. The third-order valence-electron chi connectivity index (χ3n) is 7.23. The predicted octanol–water partition coefficient (Wildman–Crippen LogP) is 13.4.